The second-order valence-corrected chi connectivity index (χ2v) is 47.4. The van der Waals surface area contributed by atoms with Crippen LogP contribution in [0.3, 0.4) is 0 Å². The van der Waals surface area contributed by atoms with Crippen LogP contribution >= 0.6 is 0 Å². The molecule has 0 spiro atoms. The van der Waals surface area contributed by atoms with Gasteiger partial charge in [0.25, 0.3) is 0 Å². The first-order valence-electron chi connectivity index (χ1n) is 45.4. The number of aryl methyl sites for hydroxylation is 6. The van der Waals surface area contributed by atoms with Crippen LogP contribution in [0, 0.1) is 27.7 Å². The zero-order valence-electron chi connectivity index (χ0n) is 86.5. The van der Waals surface area contributed by atoms with E-state index >= 15 is 0 Å². The number of piperidine rings is 1. The summed E-state index contributed by atoms with van der Waals surface area (Å²) in [5, 5.41) is 27.0. The normalized spacial score (nSPS) is 18.3. The van der Waals surface area contributed by atoms with Crippen molar-refractivity contribution < 1.29 is 13.2 Å². The fraction of sp³-hybridized carbons (Fsp3) is 0.844. The van der Waals surface area contributed by atoms with E-state index in [2.05, 4.69) is 358 Å². The molecule has 0 bridgehead atoms. The van der Waals surface area contributed by atoms with Crippen molar-refractivity contribution in [3.63, 3.8) is 0 Å². The molecule has 6 saturated heterocycles. The molecule has 5 aromatic rings. The lowest BCUT2D eigenvalue weighted by Gasteiger charge is -2.41. The van der Waals surface area contributed by atoms with Crippen LogP contribution in [0.15, 0.2) is 37.2 Å². The fourth-order valence-corrected chi connectivity index (χ4v) is 15.7. The Labute approximate surface area is 739 Å². The largest absolute Gasteiger partial charge is 0.380 e. The van der Waals surface area contributed by atoms with E-state index in [0.29, 0.717) is 40.8 Å². The Morgan fingerprint density at radius 3 is 0.992 bits per heavy atom. The maximum atomic E-state index is 11.3. The number of hydrogen-bond acceptors (Lipinski definition) is 17. The Bertz CT molecular complexity index is 3580. The molecular weight excluding hydrogens is 1510 g/mol. The zero-order chi connectivity index (χ0) is 93.0. The summed E-state index contributed by atoms with van der Waals surface area (Å²) >= 11 is 0. The first-order chi connectivity index (χ1) is 54.3. The maximum Gasteiger partial charge on any atom is 0.211 e. The number of sulfonamides is 1. The van der Waals surface area contributed by atoms with E-state index in [0.717, 1.165) is 57.3 Å². The summed E-state index contributed by atoms with van der Waals surface area (Å²) in [6, 6.07) is 0. The van der Waals surface area contributed by atoms with Gasteiger partial charge in [-0.1, -0.05) is 110 Å². The monoisotopic (exact) mass is 1710 g/mol. The summed E-state index contributed by atoms with van der Waals surface area (Å²) in [6.45, 7) is 106. The number of aromatic amines is 1. The second-order valence-electron chi connectivity index (χ2n) is 45.4. The summed E-state index contributed by atoms with van der Waals surface area (Å²) in [7, 11) is 9.28. The van der Waals surface area contributed by atoms with Gasteiger partial charge in [0.05, 0.1) is 42.8 Å². The highest BCUT2D eigenvalue weighted by atomic mass is 32.2. The highest BCUT2D eigenvalue weighted by molar-refractivity contribution is 7.88. The van der Waals surface area contributed by atoms with E-state index in [1.54, 1.807) is 4.31 Å². The lowest BCUT2D eigenvalue weighted by atomic mass is 9.85. The van der Waals surface area contributed by atoms with Gasteiger partial charge in [0.15, 0.2) is 0 Å². The van der Waals surface area contributed by atoms with Crippen molar-refractivity contribution in [2.24, 2.45) is 28.2 Å². The molecule has 6 fully saturated rings. The Morgan fingerprint density at radius 2 is 0.742 bits per heavy atom. The molecule has 0 radical (unpaired) electrons. The van der Waals surface area contributed by atoms with E-state index in [9.17, 15) is 8.42 Å². The summed E-state index contributed by atoms with van der Waals surface area (Å²) in [5.41, 5.74) is 14.5. The van der Waals surface area contributed by atoms with Crippen LogP contribution in [-0.4, -0.2) is 299 Å². The molecule has 5 aromatic heterocycles. The lowest BCUT2D eigenvalue weighted by molar-refractivity contribution is 0.0734. The Morgan fingerprint density at radius 1 is 0.350 bits per heavy atom. The van der Waals surface area contributed by atoms with Gasteiger partial charge in [-0.15, -0.1) is 0 Å². The number of likely N-dealkylation sites (tertiary alicyclic amines) is 1. The van der Waals surface area contributed by atoms with Crippen molar-refractivity contribution in [2.75, 3.05) is 164 Å². The van der Waals surface area contributed by atoms with Crippen molar-refractivity contribution >= 4 is 10.0 Å². The molecule has 0 aliphatic carbocycles. The van der Waals surface area contributed by atoms with Gasteiger partial charge in [0.2, 0.25) is 10.0 Å². The van der Waals surface area contributed by atoms with Gasteiger partial charge in [-0.05, 0) is 248 Å². The highest BCUT2D eigenvalue weighted by Gasteiger charge is 2.32. The number of likely N-dealkylation sites (N-methyl/N-ethyl adjacent to an activating group) is 2. The first kappa shape index (κ1) is 114. The number of H-pyrrole nitrogens is 1. The van der Waals surface area contributed by atoms with Crippen LogP contribution in [0.5, 0.6) is 0 Å². The molecule has 11 rings (SSSR count). The number of nitrogens with one attached hydrogen (secondary N) is 2. The van der Waals surface area contributed by atoms with Crippen LogP contribution in [-0.2, 0) is 70.0 Å². The van der Waals surface area contributed by atoms with Crippen molar-refractivity contribution in [3.05, 3.63) is 87.8 Å². The van der Waals surface area contributed by atoms with E-state index in [1.807, 2.05) is 71.7 Å². The fourth-order valence-electron chi connectivity index (χ4n) is 14.9. The molecule has 6 aliphatic heterocycles. The number of aromatic nitrogens is 10. The molecule has 0 atom stereocenters. The van der Waals surface area contributed by atoms with E-state index < -0.39 is 10.0 Å². The Kier molecular flexibility index (Phi) is 46.4. The predicted molar refractivity (Wildman–Crippen MR) is 515 cm³/mol. The SMILES string of the molecule is CC(C)(C)N1CCCCC1.CC(C)(C)N1CCCOCC1.CC(C)(C)N1CCN(S(C)(=O)=O)CC1.CC(C)(C)N1CCNCC1.CC(C)(C)c1cn[nH]c1.CN1CCN(C(C)(C)C)CC1.CN1CCN(C(C)(C)C)CC1.Cc1c(C(C)(C)C)cnn1C.Cc1nn(C)c(C)c1C(C)(C)C.Cc1nn(C)cc1C(C)(C)C.Cn1cc(C(C)(C)C)cn1. The molecule has 24 heteroatoms. The van der Waals surface area contributed by atoms with E-state index in [-0.39, 0.29) is 32.6 Å². The number of ether oxygens (including phenoxy) is 1. The van der Waals surface area contributed by atoms with Crippen LogP contribution in [0.4, 0.5) is 0 Å². The molecule has 700 valence electrons. The summed E-state index contributed by atoms with van der Waals surface area (Å²) in [6.07, 6.45) is 18.5. The number of piperazine rings is 4. The minimum Gasteiger partial charge on any atom is -0.380 e. The van der Waals surface area contributed by atoms with E-state index in [4.69, 9.17) is 4.74 Å². The van der Waals surface area contributed by atoms with Gasteiger partial charge in [-0.2, -0.15) is 29.8 Å². The average molecular weight is 1710 g/mol. The lowest BCUT2D eigenvalue weighted by Crippen LogP contribution is -2.54. The van der Waals surface area contributed by atoms with Crippen LogP contribution in [0.25, 0.3) is 0 Å². The predicted octanol–water partition coefficient (Wildman–Crippen LogP) is 16.7. The molecule has 0 unspecified atom stereocenters. The standard InChI is InChI=1S/C10H18N2.C9H20N2O2S.2C9H20N2.2C9H16N2.C9H19NO.C9H19N.C8H14N2.C8H18N2.C7H12N2/c1-7-9(10(3,4)5)8(2)12(6)11-7;1-9(2,3)10-5-7-11(8-6-10)14(4,12)13;2*1-9(2,3)11-7-5-10(4)6-8-11;1-7-8(9(2,3)4)6-11(5)10-7;1-7-8(9(2,3)4)6-10-11(7)5;1-9(2,3)10-5-4-7-11-8-6-10;1-9(2,3)10-7-5-4-6-8-10;1-8(2,3)7-5-9-10(4)6-7;1-8(2,3)10-6-4-9-5-7-10;1-7(2,3)6-4-8-9-5-6/h1-6H3;5-8H2,1-4H3;2*5-8H2,1-4H3;2*6H,1-5H3;4-8H2,1-3H3;4-8H2,1-3H3;5-6H,1-4H3;9H,4-7H2,1-3H3;4-5H,1-3H3,(H,8,9). The van der Waals surface area contributed by atoms with Crippen LogP contribution in [0.1, 0.15) is 305 Å². The molecule has 0 saturated carbocycles. The quantitative estimate of drug-likeness (QED) is 0.161. The third-order valence-corrected chi connectivity index (χ3v) is 24.5. The molecule has 120 heavy (non-hydrogen) atoms. The first-order valence-corrected chi connectivity index (χ1v) is 47.3. The number of rotatable bonds is 1. The molecular formula is C96H192N20O3S. The average Bonchev–Trinajstić information content (AvgIpc) is 1.66. The number of hydrogen-bond donors (Lipinski definition) is 2. The smallest absolute Gasteiger partial charge is 0.211 e. The molecule has 0 amide bonds. The Balaban J connectivity index is 0.000000661. The van der Waals surface area contributed by atoms with Crippen LogP contribution in [0.2, 0.25) is 0 Å². The summed E-state index contributed by atoms with van der Waals surface area (Å²) in [4.78, 5) is 19.8. The second kappa shape index (κ2) is 49.0. The third-order valence-electron chi connectivity index (χ3n) is 23.2. The molecule has 11 heterocycles. The van der Waals surface area contributed by atoms with Gasteiger partial charge < -0.3 is 19.9 Å². The molecule has 2 N–H and O–H groups in total. The van der Waals surface area contributed by atoms with Crippen molar-refractivity contribution in [1.82, 2.24) is 98.1 Å². The minimum atomic E-state index is -2.99. The van der Waals surface area contributed by atoms with Gasteiger partial charge in [-0.3, -0.25) is 53.2 Å². The summed E-state index contributed by atoms with van der Waals surface area (Å²) in [5.74, 6) is 0. The van der Waals surface area contributed by atoms with Crippen LogP contribution < -0.4 is 5.32 Å². The van der Waals surface area contributed by atoms with Crippen molar-refractivity contribution in [1.29, 1.82) is 0 Å². The topological polar surface area (TPSA) is 185 Å². The minimum absolute atomic E-state index is 0.142. The maximum absolute atomic E-state index is 11.3. The molecule has 0 aromatic carbocycles. The highest BCUT2D eigenvalue weighted by Crippen LogP contribution is 2.30. The summed E-state index contributed by atoms with van der Waals surface area (Å²) < 4.78 is 37.0. The Hall–Kier alpha value is -4.44. The van der Waals surface area contributed by atoms with Gasteiger partial charge in [-0.25, -0.2) is 8.42 Å². The van der Waals surface area contributed by atoms with Gasteiger partial charge in [0, 0.05) is 221 Å². The van der Waals surface area contributed by atoms with Gasteiger partial charge >= 0.3 is 0 Å². The van der Waals surface area contributed by atoms with E-state index in [1.165, 1.54) is 156 Å². The van der Waals surface area contributed by atoms with Gasteiger partial charge in [0.1, 0.15) is 0 Å². The van der Waals surface area contributed by atoms with Crippen molar-refractivity contribution in [2.45, 2.75) is 342 Å². The zero-order valence-corrected chi connectivity index (χ0v) is 87.3. The third kappa shape index (κ3) is 44.6. The van der Waals surface area contributed by atoms with Crippen molar-refractivity contribution in [3.8, 4) is 0 Å². The number of nitrogens with zero attached hydrogens (tertiary/aromatic N) is 18. The molecule has 23 nitrogen and oxygen atoms in total. The molecule has 6 aliphatic rings.